The molecule has 0 saturated heterocycles. The zero-order valence-corrected chi connectivity index (χ0v) is 11.6. The molecule has 2 rings (SSSR count). The van der Waals surface area contributed by atoms with E-state index in [1.54, 1.807) is 13.0 Å². The minimum absolute atomic E-state index is 0.0979. The SMILES string of the molecule is CC(CC(=O)O)NC(=O)CSc1nc2ccccc2o1. The van der Waals surface area contributed by atoms with Gasteiger partial charge in [-0.3, -0.25) is 9.59 Å². The molecule has 0 saturated carbocycles. The molecule has 0 radical (unpaired) electrons. The number of carboxylic acids is 1. The summed E-state index contributed by atoms with van der Waals surface area (Å²) >= 11 is 1.18. The van der Waals surface area contributed by atoms with Crippen LogP contribution in [0.25, 0.3) is 11.1 Å². The van der Waals surface area contributed by atoms with Crippen LogP contribution >= 0.6 is 11.8 Å². The van der Waals surface area contributed by atoms with Crippen molar-refractivity contribution in [3.8, 4) is 0 Å². The molecule has 2 aromatic rings. The standard InChI is InChI=1S/C13H14N2O4S/c1-8(6-12(17)18)14-11(16)7-20-13-15-9-4-2-3-5-10(9)19-13/h2-5,8H,6-7H2,1H3,(H,14,16)(H,17,18). The quantitative estimate of drug-likeness (QED) is 0.790. The molecule has 6 nitrogen and oxygen atoms in total. The molecule has 1 atom stereocenters. The van der Waals surface area contributed by atoms with Gasteiger partial charge in [0.05, 0.1) is 12.2 Å². The van der Waals surface area contributed by atoms with E-state index in [9.17, 15) is 9.59 Å². The lowest BCUT2D eigenvalue weighted by atomic mass is 10.2. The Morgan fingerprint density at radius 3 is 2.90 bits per heavy atom. The van der Waals surface area contributed by atoms with E-state index in [-0.39, 0.29) is 18.1 Å². The molecule has 1 aromatic carbocycles. The summed E-state index contributed by atoms with van der Waals surface area (Å²) in [5.41, 5.74) is 1.42. The number of nitrogens with one attached hydrogen (secondary N) is 1. The van der Waals surface area contributed by atoms with E-state index >= 15 is 0 Å². The zero-order chi connectivity index (χ0) is 14.5. The lowest BCUT2D eigenvalue weighted by Crippen LogP contribution is -2.35. The summed E-state index contributed by atoms with van der Waals surface area (Å²) in [7, 11) is 0. The number of carbonyl (C=O) groups is 2. The molecule has 20 heavy (non-hydrogen) atoms. The van der Waals surface area contributed by atoms with Crippen LogP contribution in [-0.4, -0.2) is 33.8 Å². The molecule has 0 aliphatic heterocycles. The number of amides is 1. The first-order valence-electron chi connectivity index (χ1n) is 6.04. The summed E-state index contributed by atoms with van der Waals surface area (Å²) in [5, 5.41) is 11.6. The lowest BCUT2D eigenvalue weighted by molar-refractivity contribution is -0.137. The Morgan fingerprint density at radius 2 is 2.20 bits per heavy atom. The second-order valence-electron chi connectivity index (χ2n) is 4.30. The number of fused-ring (bicyclic) bond motifs is 1. The summed E-state index contributed by atoms with van der Waals surface area (Å²) in [6.07, 6.45) is -0.0979. The van der Waals surface area contributed by atoms with Crippen LogP contribution in [0.3, 0.4) is 0 Å². The fraction of sp³-hybridized carbons (Fsp3) is 0.308. The highest BCUT2D eigenvalue weighted by molar-refractivity contribution is 7.99. The first kappa shape index (κ1) is 14.4. The normalized spacial score (nSPS) is 12.2. The third-order valence-electron chi connectivity index (χ3n) is 2.49. The van der Waals surface area contributed by atoms with Crippen LogP contribution in [0.4, 0.5) is 0 Å². The smallest absolute Gasteiger partial charge is 0.305 e. The van der Waals surface area contributed by atoms with Crippen molar-refractivity contribution in [2.45, 2.75) is 24.6 Å². The molecule has 1 aromatic heterocycles. The minimum atomic E-state index is -0.940. The number of oxazole rings is 1. The molecule has 0 spiro atoms. The highest BCUT2D eigenvalue weighted by Crippen LogP contribution is 2.22. The van der Waals surface area contributed by atoms with Crippen LogP contribution in [0, 0.1) is 0 Å². The number of rotatable bonds is 6. The molecule has 1 heterocycles. The largest absolute Gasteiger partial charge is 0.481 e. The molecule has 2 N–H and O–H groups in total. The maximum absolute atomic E-state index is 11.6. The molecule has 0 aliphatic rings. The van der Waals surface area contributed by atoms with Crippen molar-refractivity contribution in [1.82, 2.24) is 10.3 Å². The molecular weight excluding hydrogens is 280 g/mol. The van der Waals surface area contributed by atoms with Gasteiger partial charge in [-0.05, 0) is 19.1 Å². The number of aliphatic carboxylic acids is 1. The van der Waals surface area contributed by atoms with Gasteiger partial charge >= 0.3 is 5.97 Å². The van der Waals surface area contributed by atoms with E-state index in [1.807, 2.05) is 18.2 Å². The van der Waals surface area contributed by atoms with Gasteiger partial charge < -0.3 is 14.8 Å². The summed E-state index contributed by atoms with van der Waals surface area (Å²) in [6, 6.07) is 6.95. The zero-order valence-electron chi connectivity index (χ0n) is 10.8. The predicted molar refractivity (Wildman–Crippen MR) is 74.6 cm³/mol. The fourth-order valence-electron chi connectivity index (χ4n) is 1.67. The number of carbonyl (C=O) groups excluding carboxylic acids is 1. The van der Waals surface area contributed by atoms with Gasteiger partial charge in [0.2, 0.25) is 5.91 Å². The maximum atomic E-state index is 11.6. The fourth-order valence-corrected chi connectivity index (χ4v) is 2.32. The minimum Gasteiger partial charge on any atom is -0.481 e. The molecule has 0 fully saturated rings. The van der Waals surface area contributed by atoms with E-state index in [0.29, 0.717) is 10.8 Å². The Bertz CT molecular complexity index is 593. The van der Waals surface area contributed by atoms with E-state index in [4.69, 9.17) is 9.52 Å². The third kappa shape index (κ3) is 3.99. The maximum Gasteiger partial charge on any atom is 0.305 e. The molecular formula is C13H14N2O4S. The number of benzene rings is 1. The summed E-state index contributed by atoms with van der Waals surface area (Å²) in [6.45, 7) is 1.65. The topological polar surface area (TPSA) is 92.4 Å². The second-order valence-corrected chi connectivity index (χ2v) is 5.23. The van der Waals surface area contributed by atoms with Crippen molar-refractivity contribution in [3.63, 3.8) is 0 Å². The van der Waals surface area contributed by atoms with Gasteiger partial charge in [-0.2, -0.15) is 0 Å². The number of nitrogens with zero attached hydrogens (tertiary/aromatic N) is 1. The third-order valence-corrected chi connectivity index (χ3v) is 3.32. The van der Waals surface area contributed by atoms with Gasteiger partial charge in [0.1, 0.15) is 5.52 Å². The molecule has 7 heteroatoms. The van der Waals surface area contributed by atoms with E-state index in [2.05, 4.69) is 10.3 Å². The Hall–Kier alpha value is -2.02. The molecule has 1 amide bonds. The van der Waals surface area contributed by atoms with Gasteiger partial charge in [-0.25, -0.2) is 4.98 Å². The first-order chi connectivity index (χ1) is 9.54. The van der Waals surface area contributed by atoms with Crippen LogP contribution in [0.5, 0.6) is 0 Å². The van der Waals surface area contributed by atoms with Gasteiger partial charge in [-0.1, -0.05) is 23.9 Å². The van der Waals surface area contributed by atoms with Gasteiger partial charge in [0.25, 0.3) is 5.22 Å². The highest BCUT2D eigenvalue weighted by atomic mass is 32.2. The number of aromatic nitrogens is 1. The average molecular weight is 294 g/mol. The summed E-state index contributed by atoms with van der Waals surface area (Å²) in [4.78, 5) is 26.4. The van der Waals surface area contributed by atoms with Crippen molar-refractivity contribution >= 4 is 34.7 Å². The van der Waals surface area contributed by atoms with Crippen LogP contribution < -0.4 is 5.32 Å². The number of thioether (sulfide) groups is 1. The second kappa shape index (κ2) is 6.42. The number of hydrogen-bond acceptors (Lipinski definition) is 5. The highest BCUT2D eigenvalue weighted by Gasteiger charge is 2.13. The van der Waals surface area contributed by atoms with Crippen molar-refractivity contribution in [1.29, 1.82) is 0 Å². The van der Waals surface area contributed by atoms with Crippen LogP contribution in [-0.2, 0) is 9.59 Å². The van der Waals surface area contributed by atoms with Crippen molar-refractivity contribution in [2.75, 3.05) is 5.75 Å². The summed E-state index contributed by atoms with van der Waals surface area (Å²) < 4.78 is 5.47. The van der Waals surface area contributed by atoms with E-state index < -0.39 is 12.0 Å². The van der Waals surface area contributed by atoms with Crippen LogP contribution in [0.2, 0.25) is 0 Å². The Kier molecular flexibility index (Phi) is 4.62. The van der Waals surface area contributed by atoms with Crippen LogP contribution in [0.1, 0.15) is 13.3 Å². The molecule has 0 bridgehead atoms. The van der Waals surface area contributed by atoms with Crippen molar-refractivity contribution in [3.05, 3.63) is 24.3 Å². The molecule has 1 unspecified atom stereocenters. The number of carboxylic acid groups (broad SMARTS) is 1. The number of para-hydroxylation sites is 2. The molecule has 106 valence electrons. The van der Waals surface area contributed by atoms with Gasteiger partial charge in [0.15, 0.2) is 5.58 Å². The number of hydrogen-bond donors (Lipinski definition) is 2. The predicted octanol–water partition coefficient (Wildman–Crippen LogP) is 1.90. The van der Waals surface area contributed by atoms with Gasteiger partial charge in [-0.15, -0.1) is 0 Å². The summed E-state index contributed by atoms with van der Waals surface area (Å²) in [5.74, 6) is -1.05. The first-order valence-corrected chi connectivity index (χ1v) is 7.02. The Balaban J connectivity index is 1.85. The average Bonchev–Trinajstić information content (AvgIpc) is 2.77. The Morgan fingerprint density at radius 1 is 1.45 bits per heavy atom. The van der Waals surface area contributed by atoms with E-state index in [0.717, 1.165) is 5.52 Å². The van der Waals surface area contributed by atoms with Crippen LogP contribution in [0.15, 0.2) is 33.9 Å². The lowest BCUT2D eigenvalue weighted by Gasteiger charge is -2.10. The monoisotopic (exact) mass is 294 g/mol. The van der Waals surface area contributed by atoms with Gasteiger partial charge in [0, 0.05) is 6.04 Å². The Labute approximate surface area is 119 Å². The van der Waals surface area contributed by atoms with E-state index in [1.165, 1.54) is 11.8 Å². The van der Waals surface area contributed by atoms with Crippen molar-refractivity contribution in [2.24, 2.45) is 0 Å². The van der Waals surface area contributed by atoms with Crippen molar-refractivity contribution < 1.29 is 19.1 Å². The molecule has 0 aliphatic carbocycles.